The molecule has 0 saturated carbocycles. The van der Waals surface area contributed by atoms with E-state index in [1.54, 1.807) is 6.92 Å². The maximum atomic E-state index is 14.9. The van der Waals surface area contributed by atoms with Gasteiger partial charge in [-0.3, -0.25) is 24.1 Å². The molecule has 0 aromatic carbocycles. The number of rotatable bonds is 8. The van der Waals surface area contributed by atoms with Crippen LogP contribution in [0.3, 0.4) is 0 Å². The first kappa shape index (κ1) is 24.8. The largest absolute Gasteiger partial charge is 0.469 e. The van der Waals surface area contributed by atoms with Crippen LogP contribution in [0.15, 0.2) is 11.3 Å². The zero-order valence-corrected chi connectivity index (χ0v) is 17.8. The third-order valence-corrected chi connectivity index (χ3v) is 4.43. The minimum absolute atomic E-state index is 0.0199. The van der Waals surface area contributed by atoms with Gasteiger partial charge >= 0.3 is 13.8 Å². The number of esters is 1. The number of aliphatic imine (C=N–C) groups is 1. The van der Waals surface area contributed by atoms with Gasteiger partial charge in [-0.25, -0.2) is 18.9 Å². The van der Waals surface area contributed by atoms with Crippen molar-refractivity contribution in [2.24, 2.45) is 4.99 Å². The quantitative estimate of drug-likeness (QED) is 0.187. The van der Waals surface area contributed by atoms with Crippen LogP contribution in [0, 0.1) is 5.41 Å². The Morgan fingerprint density at radius 3 is 2.71 bits per heavy atom. The first-order chi connectivity index (χ1) is 14.4. The molecule has 4 unspecified atom stereocenters. The van der Waals surface area contributed by atoms with Crippen LogP contribution >= 0.6 is 7.82 Å². The van der Waals surface area contributed by atoms with E-state index < -0.39 is 50.9 Å². The van der Waals surface area contributed by atoms with Gasteiger partial charge in [0.2, 0.25) is 5.91 Å². The van der Waals surface area contributed by atoms with Gasteiger partial charge in [0.25, 0.3) is 0 Å². The molecule has 1 fully saturated rings. The van der Waals surface area contributed by atoms with Gasteiger partial charge in [-0.15, -0.1) is 0 Å². The molecule has 31 heavy (non-hydrogen) atoms. The van der Waals surface area contributed by atoms with Crippen molar-refractivity contribution in [1.82, 2.24) is 14.9 Å². The van der Waals surface area contributed by atoms with Crippen LogP contribution in [-0.4, -0.2) is 68.3 Å². The van der Waals surface area contributed by atoms with E-state index in [2.05, 4.69) is 19.8 Å². The average Bonchev–Trinajstić information content (AvgIpc) is 3.18. The van der Waals surface area contributed by atoms with Gasteiger partial charge in [0, 0.05) is 20.1 Å². The fourth-order valence-corrected chi connectivity index (χ4v) is 3.14. The summed E-state index contributed by atoms with van der Waals surface area (Å²) in [6.07, 6.45) is -3.19. The molecule has 172 valence electrons. The molecule has 1 amide bonds. The Bertz CT molecular complexity index is 916. The minimum atomic E-state index is -4.90. The number of amides is 1. The molecule has 1 aromatic heterocycles. The number of halogens is 1. The summed E-state index contributed by atoms with van der Waals surface area (Å²) in [6, 6.07) is 0. The Labute approximate surface area is 176 Å². The molecule has 0 spiro atoms. The number of carbonyl (C=O) groups excluding carboxylic acids is 2. The van der Waals surface area contributed by atoms with Gasteiger partial charge in [0.05, 0.1) is 12.9 Å². The summed E-state index contributed by atoms with van der Waals surface area (Å²) in [5.74, 6) is -1.68. The van der Waals surface area contributed by atoms with Crippen LogP contribution in [0.25, 0.3) is 0 Å². The lowest BCUT2D eigenvalue weighted by Gasteiger charge is -2.21. The van der Waals surface area contributed by atoms with Crippen molar-refractivity contribution in [1.29, 1.82) is 5.41 Å². The van der Waals surface area contributed by atoms with E-state index in [9.17, 15) is 18.5 Å². The maximum Gasteiger partial charge on any atom is 0.469 e. The molecule has 4 N–H and O–H groups in total. The van der Waals surface area contributed by atoms with Gasteiger partial charge in [0.15, 0.2) is 30.2 Å². The smallest absolute Gasteiger partial charge is 0.454 e. The highest BCUT2D eigenvalue weighted by atomic mass is 31.2. The van der Waals surface area contributed by atoms with Crippen LogP contribution in [0.5, 0.6) is 0 Å². The molecular weight excluding hydrogens is 440 g/mol. The van der Waals surface area contributed by atoms with Crippen molar-refractivity contribution in [2.75, 3.05) is 6.61 Å². The molecule has 13 nitrogen and oxygen atoms in total. The van der Waals surface area contributed by atoms with Crippen LogP contribution in [0.4, 0.5) is 10.2 Å². The van der Waals surface area contributed by atoms with Crippen molar-refractivity contribution >= 4 is 37.6 Å². The summed E-state index contributed by atoms with van der Waals surface area (Å²) >= 11 is 0. The summed E-state index contributed by atoms with van der Waals surface area (Å²) in [7, 11) is -4.90. The molecule has 15 heteroatoms. The number of nitrogens with one attached hydrogen (secondary N) is 2. The number of phosphoric ester groups is 1. The second-order valence-electron chi connectivity index (χ2n) is 6.47. The Morgan fingerprint density at radius 2 is 2.16 bits per heavy atom. The topological polar surface area (TPSA) is 185 Å². The lowest BCUT2D eigenvalue weighted by molar-refractivity contribution is -0.154. The average molecular weight is 463 g/mol. The standard InChI is InChI=1S/C16H23FN5O8P/c1-4-5-19-15-12(14(18)21-8(2)23)20-7-22(15)16-13(29-9(3)24)11(17)10(30-16)6-28-31(25,26)27/h5,7,10-11,13,16H,4,6H2,1-3H3,(H2,18,21,23)(H2,25,26,27). The summed E-state index contributed by atoms with van der Waals surface area (Å²) in [6.45, 7) is 3.25. The molecule has 2 rings (SSSR count). The molecular formula is C16H23FN5O8P. The number of phosphoric acid groups is 1. The van der Waals surface area contributed by atoms with E-state index in [4.69, 9.17) is 24.7 Å². The van der Waals surface area contributed by atoms with Gasteiger partial charge in [0.1, 0.15) is 11.8 Å². The molecule has 1 aliphatic rings. The van der Waals surface area contributed by atoms with Crippen LogP contribution in [0.1, 0.15) is 39.1 Å². The number of aromatic nitrogens is 2. The molecule has 1 saturated heterocycles. The molecule has 0 aliphatic carbocycles. The second kappa shape index (κ2) is 10.2. The maximum absolute atomic E-state index is 14.9. The molecule has 1 aromatic rings. The predicted octanol–water partition coefficient (Wildman–Crippen LogP) is 0.733. The Balaban J connectivity index is 2.44. The fourth-order valence-electron chi connectivity index (χ4n) is 2.80. The number of nitrogens with zero attached hydrogens (tertiary/aromatic N) is 3. The number of alkyl halides is 1. The SMILES string of the molecule is CCC=Nc1c(C(=N)NC(C)=O)ncn1C1OC(COP(=O)(O)O)C(F)C1OC(C)=O. The normalized spacial score (nSPS) is 23.8. The highest BCUT2D eigenvalue weighted by molar-refractivity contribution is 7.46. The first-order valence-corrected chi connectivity index (χ1v) is 10.6. The van der Waals surface area contributed by atoms with Crippen LogP contribution in [0.2, 0.25) is 0 Å². The Hall–Kier alpha value is -2.51. The van der Waals surface area contributed by atoms with Crippen LogP contribution in [-0.2, 0) is 28.2 Å². The third-order valence-electron chi connectivity index (χ3n) is 3.95. The van der Waals surface area contributed by atoms with Crippen molar-refractivity contribution in [3.05, 3.63) is 12.0 Å². The summed E-state index contributed by atoms with van der Waals surface area (Å²) in [5.41, 5.74) is -0.0459. The van der Waals surface area contributed by atoms with E-state index in [0.29, 0.717) is 6.42 Å². The van der Waals surface area contributed by atoms with E-state index in [-0.39, 0.29) is 17.3 Å². The molecule has 2 heterocycles. The zero-order valence-electron chi connectivity index (χ0n) is 16.9. The van der Waals surface area contributed by atoms with Crippen molar-refractivity contribution in [3.8, 4) is 0 Å². The number of ether oxygens (including phenoxy) is 2. The summed E-state index contributed by atoms with van der Waals surface area (Å²) in [4.78, 5) is 48.8. The summed E-state index contributed by atoms with van der Waals surface area (Å²) < 4.78 is 42.0. The number of hydrogen-bond donors (Lipinski definition) is 4. The van der Waals surface area contributed by atoms with Gasteiger partial charge in [-0.2, -0.15) is 0 Å². The zero-order chi connectivity index (χ0) is 23.3. The Kier molecular flexibility index (Phi) is 8.14. The lowest BCUT2D eigenvalue weighted by atomic mass is 10.1. The second-order valence-corrected chi connectivity index (χ2v) is 7.71. The van der Waals surface area contributed by atoms with Crippen molar-refractivity contribution in [3.63, 3.8) is 0 Å². The molecule has 0 bridgehead atoms. The van der Waals surface area contributed by atoms with Gasteiger partial charge < -0.3 is 24.6 Å². The highest BCUT2D eigenvalue weighted by Gasteiger charge is 2.49. The molecule has 0 radical (unpaired) electrons. The Morgan fingerprint density at radius 1 is 1.48 bits per heavy atom. The minimum Gasteiger partial charge on any atom is -0.454 e. The molecule has 1 aliphatic heterocycles. The lowest BCUT2D eigenvalue weighted by Crippen LogP contribution is -2.33. The van der Waals surface area contributed by atoms with E-state index in [1.807, 2.05) is 0 Å². The van der Waals surface area contributed by atoms with Gasteiger partial charge in [-0.05, 0) is 6.42 Å². The highest BCUT2D eigenvalue weighted by Crippen LogP contribution is 2.41. The number of amidine groups is 1. The van der Waals surface area contributed by atoms with Crippen LogP contribution < -0.4 is 5.32 Å². The summed E-state index contributed by atoms with van der Waals surface area (Å²) in [5, 5.41) is 10.3. The number of carbonyl (C=O) groups is 2. The van der Waals surface area contributed by atoms with Gasteiger partial charge in [-0.1, -0.05) is 6.92 Å². The van der Waals surface area contributed by atoms with E-state index in [1.165, 1.54) is 17.7 Å². The third kappa shape index (κ3) is 6.48. The number of imidazole rings is 1. The predicted molar refractivity (Wildman–Crippen MR) is 104 cm³/mol. The number of hydrogen-bond acceptors (Lipinski definition) is 9. The van der Waals surface area contributed by atoms with E-state index in [0.717, 1.165) is 13.3 Å². The monoisotopic (exact) mass is 463 g/mol. The van der Waals surface area contributed by atoms with E-state index >= 15 is 0 Å². The van der Waals surface area contributed by atoms with Crippen molar-refractivity contribution in [2.45, 2.75) is 51.8 Å². The van der Waals surface area contributed by atoms with Crippen molar-refractivity contribution < 1.29 is 42.3 Å². The molecule has 4 atom stereocenters. The fraction of sp³-hybridized carbons (Fsp3) is 0.562. The first-order valence-electron chi connectivity index (χ1n) is 9.07.